The molecule has 1 saturated carbocycles. The molecule has 2 fully saturated rings. The van der Waals surface area contributed by atoms with Gasteiger partial charge >= 0.3 is 0 Å². The zero-order valence-electron chi connectivity index (χ0n) is 29.7. The highest BCUT2D eigenvalue weighted by atomic mass is 16.5. The molecule has 1 amide bonds. The van der Waals surface area contributed by atoms with E-state index in [9.17, 15) is 9.90 Å². The molecule has 1 aliphatic heterocycles. The Hall–Kier alpha value is -3.69. The number of ether oxygens (including phenoxy) is 2. The van der Waals surface area contributed by atoms with E-state index in [2.05, 4.69) is 87.2 Å². The number of aliphatic hydroxyl groups is 1. The molecule has 0 spiro atoms. The van der Waals surface area contributed by atoms with Crippen molar-refractivity contribution in [1.29, 1.82) is 0 Å². The number of piperidine rings is 1. The van der Waals surface area contributed by atoms with Crippen molar-refractivity contribution in [2.75, 3.05) is 40.4 Å². The number of nitrogens with zero attached hydrogens (tertiary/aromatic N) is 2. The summed E-state index contributed by atoms with van der Waals surface area (Å²) in [5.74, 6) is 2.67. The molecule has 4 aliphatic rings. The zero-order valence-corrected chi connectivity index (χ0v) is 29.7. The molecule has 8 heteroatoms. The van der Waals surface area contributed by atoms with Crippen LogP contribution in [0.4, 0.5) is 0 Å². The fraction of sp³-hybridized carbons (Fsp3) is 0.500. The maximum Gasteiger partial charge on any atom is 0.227 e. The Labute approximate surface area is 297 Å². The van der Waals surface area contributed by atoms with Crippen molar-refractivity contribution in [3.63, 3.8) is 0 Å². The van der Waals surface area contributed by atoms with Gasteiger partial charge in [0, 0.05) is 69.0 Å². The van der Waals surface area contributed by atoms with E-state index in [0.29, 0.717) is 37.0 Å². The van der Waals surface area contributed by atoms with Gasteiger partial charge in [0.15, 0.2) is 0 Å². The van der Waals surface area contributed by atoms with Crippen LogP contribution in [0.3, 0.4) is 0 Å². The lowest BCUT2D eigenvalue weighted by Crippen LogP contribution is -2.54. The molecular weight excluding hydrogens is 624 g/mol. The largest absolute Gasteiger partial charge is 0.497 e. The maximum atomic E-state index is 13.5. The van der Waals surface area contributed by atoms with Gasteiger partial charge in [-0.2, -0.15) is 0 Å². The average Bonchev–Trinajstić information content (AvgIpc) is 3.67. The van der Waals surface area contributed by atoms with Crippen LogP contribution >= 0.6 is 0 Å². The number of rotatable bonds is 14. The first-order valence-corrected chi connectivity index (χ1v) is 18.6. The van der Waals surface area contributed by atoms with Crippen molar-refractivity contribution in [1.82, 2.24) is 20.4 Å². The fourth-order valence-corrected chi connectivity index (χ4v) is 9.08. The average molecular weight is 679 g/mol. The summed E-state index contributed by atoms with van der Waals surface area (Å²) in [4.78, 5) is 18.5. The summed E-state index contributed by atoms with van der Waals surface area (Å²) < 4.78 is 11.1. The Kier molecular flexibility index (Phi) is 11.2. The summed E-state index contributed by atoms with van der Waals surface area (Å²) in [5, 5.41) is 18.5. The van der Waals surface area contributed by atoms with E-state index >= 15 is 0 Å². The Balaban J connectivity index is 0.921. The Morgan fingerprint density at radius 3 is 2.38 bits per heavy atom. The topological polar surface area (TPSA) is 86.3 Å². The number of amides is 1. The number of hydrogen-bond acceptors (Lipinski definition) is 7. The van der Waals surface area contributed by atoms with E-state index in [1.54, 1.807) is 14.2 Å². The quantitative estimate of drug-likeness (QED) is 0.208. The van der Waals surface area contributed by atoms with Crippen LogP contribution in [-0.2, 0) is 30.7 Å². The van der Waals surface area contributed by atoms with Gasteiger partial charge in [-0.25, -0.2) is 0 Å². The number of fused-ring (bicyclic) bond motifs is 3. The number of nitrogens with one attached hydrogen (secondary N) is 2. The summed E-state index contributed by atoms with van der Waals surface area (Å²) in [5.41, 5.74) is 5.17. The highest BCUT2D eigenvalue weighted by Crippen LogP contribution is 2.38. The summed E-state index contributed by atoms with van der Waals surface area (Å²) >= 11 is 0. The van der Waals surface area contributed by atoms with Gasteiger partial charge in [-0.1, -0.05) is 72.8 Å². The molecule has 3 aliphatic carbocycles. The minimum absolute atomic E-state index is 0.00379. The summed E-state index contributed by atoms with van der Waals surface area (Å²) in [6.45, 7) is 4.61. The van der Waals surface area contributed by atoms with E-state index in [1.165, 1.54) is 29.5 Å². The minimum Gasteiger partial charge on any atom is -0.497 e. The van der Waals surface area contributed by atoms with Gasteiger partial charge in [-0.3, -0.25) is 14.6 Å². The molecule has 0 radical (unpaired) electrons. The third-order valence-corrected chi connectivity index (χ3v) is 11.6. The van der Waals surface area contributed by atoms with Crippen LogP contribution in [0.1, 0.15) is 47.9 Å². The van der Waals surface area contributed by atoms with Gasteiger partial charge < -0.3 is 25.2 Å². The van der Waals surface area contributed by atoms with Crippen LogP contribution in [0.2, 0.25) is 0 Å². The second-order valence-electron chi connectivity index (χ2n) is 15.0. The van der Waals surface area contributed by atoms with Gasteiger partial charge in [0.05, 0.1) is 26.2 Å². The van der Waals surface area contributed by atoms with E-state index in [1.807, 2.05) is 18.2 Å². The lowest BCUT2D eigenvalue weighted by Gasteiger charge is -2.41. The number of aliphatic hydroxyl groups excluding tert-OH is 1. The van der Waals surface area contributed by atoms with Crippen molar-refractivity contribution in [3.8, 4) is 11.5 Å². The van der Waals surface area contributed by atoms with E-state index < -0.39 is 6.10 Å². The Morgan fingerprint density at radius 2 is 1.68 bits per heavy atom. The van der Waals surface area contributed by atoms with Crippen LogP contribution in [0.5, 0.6) is 11.5 Å². The first-order valence-electron chi connectivity index (χ1n) is 18.6. The van der Waals surface area contributed by atoms with Crippen molar-refractivity contribution in [2.45, 2.75) is 75.8 Å². The van der Waals surface area contributed by atoms with Crippen LogP contribution in [0.25, 0.3) is 0 Å². The van der Waals surface area contributed by atoms with E-state index in [4.69, 9.17) is 9.47 Å². The standard InChI is InChI=1S/C42H54N4O4/c1-49-39-18-17-33(40(22-39)50-2)27-46(37-20-30-11-6-7-12-31(30)21-37)28-38(47)23-43-42(48)32-13-8-14-36(19-32)44-41-34-15-16-35(41)26-45(25-34)24-29-9-4-3-5-10-29/h3-13,17-18,22,32,34-38,41,44,47H,14-16,19-21,23-28H2,1-2H3,(H,43,48)/t32?,34?,35?,36?,38-,41?/m1/s1. The molecule has 8 nitrogen and oxygen atoms in total. The molecule has 3 aromatic rings. The second-order valence-corrected chi connectivity index (χ2v) is 15.0. The molecule has 5 atom stereocenters. The number of carbonyl (C=O) groups is 1. The number of methoxy groups -OCH3 is 2. The fourth-order valence-electron chi connectivity index (χ4n) is 9.08. The minimum atomic E-state index is -0.704. The molecule has 7 rings (SSSR count). The Bertz CT molecular complexity index is 1580. The smallest absolute Gasteiger partial charge is 0.227 e. The molecule has 1 saturated heterocycles. The third-order valence-electron chi connectivity index (χ3n) is 11.6. The highest BCUT2D eigenvalue weighted by molar-refractivity contribution is 5.80. The van der Waals surface area contributed by atoms with Gasteiger partial charge in [0.2, 0.25) is 5.91 Å². The van der Waals surface area contributed by atoms with Crippen molar-refractivity contribution < 1.29 is 19.4 Å². The predicted octanol–water partition coefficient (Wildman–Crippen LogP) is 4.99. The van der Waals surface area contributed by atoms with Crippen LogP contribution < -0.4 is 20.1 Å². The molecule has 266 valence electrons. The zero-order chi connectivity index (χ0) is 34.5. The van der Waals surface area contributed by atoms with Crippen molar-refractivity contribution in [2.24, 2.45) is 17.8 Å². The molecule has 4 unspecified atom stereocenters. The van der Waals surface area contributed by atoms with E-state index in [0.717, 1.165) is 62.4 Å². The Morgan fingerprint density at radius 1 is 0.960 bits per heavy atom. The number of hydrogen-bond donors (Lipinski definition) is 3. The van der Waals surface area contributed by atoms with Crippen LogP contribution in [-0.4, -0.2) is 85.4 Å². The van der Waals surface area contributed by atoms with Crippen LogP contribution in [0, 0.1) is 17.8 Å². The molecule has 50 heavy (non-hydrogen) atoms. The molecule has 2 bridgehead atoms. The monoisotopic (exact) mass is 678 g/mol. The first-order chi connectivity index (χ1) is 24.4. The van der Waals surface area contributed by atoms with Crippen molar-refractivity contribution in [3.05, 3.63) is 107 Å². The van der Waals surface area contributed by atoms with E-state index in [-0.39, 0.29) is 24.4 Å². The molecule has 0 aromatic heterocycles. The molecule has 3 aromatic carbocycles. The van der Waals surface area contributed by atoms with Gasteiger partial charge in [-0.15, -0.1) is 0 Å². The van der Waals surface area contributed by atoms with Gasteiger partial charge in [0.1, 0.15) is 11.5 Å². The maximum absolute atomic E-state index is 13.5. The summed E-state index contributed by atoms with van der Waals surface area (Å²) in [6, 6.07) is 26.4. The molecular formula is C42H54N4O4. The van der Waals surface area contributed by atoms with Crippen molar-refractivity contribution >= 4 is 5.91 Å². The first kappa shape index (κ1) is 34.7. The molecule has 1 heterocycles. The molecule has 3 N–H and O–H groups in total. The van der Waals surface area contributed by atoms with Gasteiger partial charge in [-0.05, 0) is 73.1 Å². The number of likely N-dealkylation sites (tertiary alicyclic amines) is 1. The normalized spacial score (nSPS) is 25.4. The lowest BCUT2D eigenvalue weighted by atomic mass is 9.87. The predicted molar refractivity (Wildman–Crippen MR) is 197 cm³/mol. The highest BCUT2D eigenvalue weighted by Gasteiger charge is 2.43. The second kappa shape index (κ2) is 16.1. The van der Waals surface area contributed by atoms with Gasteiger partial charge in [0.25, 0.3) is 0 Å². The third kappa shape index (κ3) is 8.26. The number of benzene rings is 3. The summed E-state index contributed by atoms with van der Waals surface area (Å²) in [6.07, 6.45) is 9.73. The SMILES string of the molecule is COc1ccc(CN(C[C@H](O)CNC(=O)C2C=CCC(NC3C4CCC3CN(Cc3ccccc3)C4)C2)C2Cc3ccccc3C2)c(OC)c1. The van der Waals surface area contributed by atoms with Crippen LogP contribution in [0.15, 0.2) is 84.9 Å². The lowest BCUT2D eigenvalue weighted by molar-refractivity contribution is -0.124. The number of carbonyl (C=O) groups excluding carboxylic acids is 1. The summed E-state index contributed by atoms with van der Waals surface area (Å²) in [7, 11) is 3.33.